The molecule has 7 heteroatoms. The van der Waals surface area contributed by atoms with Crippen LogP contribution in [0.15, 0.2) is 42.5 Å². The van der Waals surface area contributed by atoms with Gasteiger partial charge in [0.2, 0.25) is 12.7 Å². The molecular weight excluding hydrogens is 404 g/mol. The maximum atomic E-state index is 12.9. The van der Waals surface area contributed by atoms with Gasteiger partial charge in [-0.15, -0.1) is 0 Å². The lowest BCUT2D eigenvalue weighted by Gasteiger charge is -2.47. The van der Waals surface area contributed by atoms with Gasteiger partial charge in [-0.1, -0.05) is 23.7 Å². The number of likely N-dealkylation sites (tertiary alicyclic amines) is 2. The lowest BCUT2D eigenvalue weighted by Crippen LogP contribution is -2.56. The van der Waals surface area contributed by atoms with Gasteiger partial charge in [-0.2, -0.15) is 0 Å². The molecule has 0 unspecified atom stereocenters. The summed E-state index contributed by atoms with van der Waals surface area (Å²) in [4.78, 5) is 29.6. The molecular formula is C23H23ClN2O4. The van der Waals surface area contributed by atoms with Gasteiger partial charge in [0.05, 0.1) is 0 Å². The quantitative estimate of drug-likeness (QED) is 0.750. The molecule has 2 fully saturated rings. The molecule has 2 aromatic rings. The second kappa shape index (κ2) is 7.84. The summed E-state index contributed by atoms with van der Waals surface area (Å²) in [6.07, 6.45) is 2.12. The number of hydrogen-bond donors (Lipinski definition) is 0. The first-order valence-electron chi connectivity index (χ1n) is 10.3. The molecule has 0 spiro atoms. The van der Waals surface area contributed by atoms with Gasteiger partial charge in [0.15, 0.2) is 11.5 Å². The molecule has 0 radical (unpaired) electrons. The summed E-state index contributed by atoms with van der Waals surface area (Å²) in [6, 6.07) is 13.1. The van der Waals surface area contributed by atoms with Gasteiger partial charge in [-0.25, -0.2) is 0 Å². The largest absolute Gasteiger partial charge is 0.454 e. The number of nitrogens with zero attached hydrogens (tertiary/aromatic N) is 2. The number of benzene rings is 2. The third-order valence-electron chi connectivity index (χ3n) is 6.29. The fourth-order valence-corrected chi connectivity index (χ4v) is 4.97. The molecule has 0 saturated carbocycles. The van der Waals surface area contributed by atoms with E-state index in [-0.39, 0.29) is 30.6 Å². The Balaban J connectivity index is 1.30. The molecule has 30 heavy (non-hydrogen) atoms. The lowest BCUT2D eigenvalue weighted by molar-refractivity contribution is -0.141. The summed E-state index contributed by atoms with van der Waals surface area (Å²) < 4.78 is 10.9. The highest BCUT2D eigenvalue weighted by atomic mass is 35.5. The van der Waals surface area contributed by atoms with E-state index < -0.39 is 0 Å². The van der Waals surface area contributed by atoms with E-state index in [0.29, 0.717) is 36.6 Å². The number of ether oxygens (including phenoxy) is 2. The van der Waals surface area contributed by atoms with Crippen LogP contribution in [0.2, 0.25) is 5.02 Å². The van der Waals surface area contributed by atoms with Crippen LogP contribution >= 0.6 is 11.6 Å². The molecule has 3 aliphatic heterocycles. The lowest BCUT2D eigenvalue weighted by atomic mass is 9.83. The first kappa shape index (κ1) is 19.2. The molecule has 2 amide bonds. The van der Waals surface area contributed by atoms with E-state index in [4.69, 9.17) is 21.1 Å². The normalized spacial score (nSPS) is 22.8. The number of carbonyl (C=O) groups excluding carboxylic acids is 2. The van der Waals surface area contributed by atoms with Gasteiger partial charge in [-0.3, -0.25) is 9.59 Å². The minimum Gasteiger partial charge on any atom is -0.454 e. The molecule has 3 aliphatic rings. The number of halogens is 1. The van der Waals surface area contributed by atoms with Crippen molar-refractivity contribution in [3.05, 3.63) is 58.6 Å². The molecule has 5 rings (SSSR count). The first-order chi connectivity index (χ1) is 14.6. The van der Waals surface area contributed by atoms with Crippen molar-refractivity contribution in [2.24, 2.45) is 5.92 Å². The molecule has 0 bridgehead atoms. The zero-order valence-corrected chi connectivity index (χ0v) is 17.3. The van der Waals surface area contributed by atoms with E-state index in [0.717, 1.165) is 29.9 Å². The van der Waals surface area contributed by atoms with Crippen molar-refractivity contribution in [2.45, 2.75) is 31.8 Å². The number of hydrogen-bond acceptors (Lipinski definition) is 4. The Hall–Kier alpha value is -2.73. The summed E-state index contributed by atoms with van der Waals surface area (Å²) in [7, 11) is 0. The summed E-state index contributed by atoms with van der Waals surface area (Å²) in [5, 5.41) is 0.564. The average Bonchev–Trinajstić information content (AvgIpc) is 3.23. The summed E-state index contributed by atoms with van der Waals surface area (Å²) in [6.45, 7) is 2.10. The van der Waals surface area contributed by atoms with Crippen LogP contribution in [0.4, 0.5) is 0 Å². The maximum absolute atomic E-state index is 12.9. The Morgan fingerprint density at radius 2 is 1.97 bits per heavy atom. The van der Waals surface area contributed by atoms with E-state index in [2.05, 4.69) is 0 Å². The fraction of sp³-hybridized carbons (Fsp3) is 0.391. The highest BCUT2D eigenvalue weighted by molar-refractivity contribution is 6.30. The number of piperidine rings is 2. The van der Waals surface area contributed by atoms with Crippen molar-refractivity contribution in [1.82, 2.24) is 9.80 Å². The van der Waals surface area contributed by atoms with Crippen LogP contribution < -0.4 is 9.47 Å². The predicted molar refractivity (Wildman–Crippen MR) is 112 cm³/mol. The topological polar surface area (TPSA) is 59.1 Å². The SMILES string of the molecule is O=C(c1cccc(Cl)c1)N1CC[C@H]2[C@H](CCC(=O)N2Cc2ccc3c(c2)OCO3)C1. The number of rotatable bonds is 3. The smallest absolute Gasteiger partial charge is 0.253 e. The molecule has 2 aromatic carbocycles. The highest BCUT2D eigenvalue weighted by Crippen LogP contribution is 2.36. The fourth-order valence-electron chi connectivity index (χ4n) is 4.78. The van der Waals surface area contributed by atoms with Crippen LogP contribution in [-0.2, 0) is 11.3 Å². The standard InChI is InChI=1S/C23H23ClN2O4/c24-18-3-1-2-16(11-18)23(28)25-9-8-19-17(13-25)5-7-22(27)26(19)12-15-4-6-20-21(10-15)30-14-29-20/h1-4,6,10-11,17,19H,5,7-9,12-14H2/t17-,19+/m1/s1. The number of fused-ring (bicyclic) bond motifs is 2. The molecule has 6 nitrogen and oxygen atoms in total. The molecule has 0 N–H and O–H groups in total. The van der Waals surface area contributed by atoms with Crippen LogP contribution in [-0.4, -0.2) is 47.5 Å². The van der Waals surface area contributed by atoms with Crippen molar-refractivity contribution in [1.29, 1.82) is 0 Å². The Bertz CT molecular complexity index is 995. The van der Waals surface area contributed by atoms with Crippen molar-refractivity contribution in [2.75, 3.05) is 19.9 Å². The molecule has 0 aliphatic carbocycles. The minimum atomic E-state index is 0.00942. The molecule has 3 heterocycles. The third-order valence-corrected chi connectivity index (χ3v) is 6.53. The Labute approximate surface area is 180 Å². The van der Waals surface area contributed by atoms with Gasteiger partial charge in [0, 0.05) is 42.7 Å². The molecule has 2 atom stereocenters. The first-order valence-corrected chi connectivity index (χ1v) is 10.7. The molecule has 0 aromatic heterocycles. The molecule has 2 saturated heterocycles. The zero-order valence-electron chi connectivity index (χ0n) is 16.6. The second-order valence-electron chi connectivity index (χ2n) is 8.13. The van der Waals surface area contributed by atoms with Crippen LogP contribution in [0.5, 0.6) is 11.5 Å². The second-order valence-corrected chi connectivity index (χ2v) is 8.56. The van der Waals surface area contributed by atoms with Gasteiger partial charge in [0.25, 0.3) is 5.91 Å². The van der Waals surface area contributed by atoms with Crippen molar-refractivity contribution in [3.8, 4) is 11.5 Å². The van der Waals surface area contributed by atoms with Gasteiger partial charge >= 0.3 is 0 Å². The van der Waals surface area contributed by atoms with E-state index in [9.17, 15) is 9.59 Å². The Morgan fingerprint density at radius 3 is 2.83 bits per heavy atom. The van der Waals surface area contributed by atoms with E-state index >= 15 is 0 Å². The minimum absolute atomic E-state index is 0.00942. The van der Waals surface area contributed by atoms with Crippen LogP contribution in [0.25, 0.3) is 0 Å². The highest BCUT2D eigenvalue weighted by Gasteiger charge is 2.40. The average molecular weight is 427 g/mol. The predicted octanol–water partition coefficient (Wildman–Crippen LogP) is 3.72. The number of carbonyl (C=O) groups is 2. The summed E-state index contributed by atoms with van der Waals surface area (Å²) in [5.41, 5.74) is 1.65. The van der Waals surface area contributed by atoms with E-state index in [1.807, 2.05) is 28.0 Å². The van der Waals surface area contributed by atoms with Gasteiger partial charge in [-0.05, 0) is 54.7 Å². The summed E-state index contributed by atoms with van der Waals surface area (Å²) >= 11 is 6.05. The van der Waals surface area contributed by atoms with Crippen LogP contribution in [0.3, 0.4) is 0 Å². The molecule has 156 valence electrons. The van der Waals surface area contributed by atoms with Crippen LogP contribution in [0.1, 0.15) is 35.2 Å². The summed E-state index contributed by atoms with van der Waals surface area (Å²) in [5.74, 6) is 1.96. The van der Waals surface area contributed by atoms with Crippen molar-refractivity contribution in [3.63, 3.8) is 0 Å². The van der Waals surface area contributed by atoms with Gasteiger partial charge < -0.3 is 19.3 Å². The van der Waals surface area contributed by atoms with Gasteiger partial charge in [0.1, 0.15) is 0 Å². The zero-order chi connectivity index (χ0) is 20.7. The van der Waals surface area contributed by atoms with E-state index in [1.165, 1.54) is 0 Å². The number of amides is 2. The van der Waals surface area contributed by atoms with Crippen molar-refractivity contribution < 1.29 is 19.1 Å². The van der Waals surface area contributed by atoms with E-state index in [1.54, 1.807) is 24.3 Å². The van der Waals surface area contributed by atoms with Crippen LogP contribution in [0, 0.1) is 5.92 Å². The van der Waals surface area contributed by atoms with Crippen molar-refractivity contribution >= 4 is 23.4 Å². The monoisotopic (exact) mass is 426 g/mol. The Kier molecular flexibility index (Phi) is 5.03. The third kappa shape index (κ3) is 3.60. The maximum Gasteiger partial charge on any atom is 0.253 e. The Morgan fingerprint density at radius 1 is 1.10 bits per heavy atom.